The lowest BCUT2D eigenvalue weighted by Crippen LogP contribution is -2.16. The van der Waals surface area contributed by atoms with Crippen molar-refractivity contribution in [3.05, 3.63) is 0 Å². The average molecular weight is 197 g/mol. The first-order valence-corrected chi connectivity index (χ1v) is 6.01. The molecule has 0 aliphatic heterocycles. The zero-order chi connectivity index (χ0) is 8.15. The third kappa shape index (κ3) is 4.77. The van der Waals surface area contributed by atoms with Gasteiger partial charge < -0.3 is 0 Å². The molecule has 0 rings (SSSR count). The third-order valence-electron chi connectivity index (χ3n) is 0.817. The van der Waals surface area contributed by atoms with E-state index in [4.69, 9.17) is 0 Å². The summed E-state index contributed by atoms with van der Waals surface area (Å²) in [4.78, 5) is 0. The van der Waals surface area contributed by atoms with Gasteiger partial charge in [-0.15, -0.1) is 0 Å². The largest absolute Gasteiger partial charge is 0.182 e. The van der Waals surface area contributed by atoms with Gasteiger partial charge in [0.1, 0.15) is 0 Å². The lowest BCUT2D eigenvalue weighted by atomic mass is 10.4. The van der Waals surface area contributed by atoms with Crippen LogP contribution < -0.4 is 0 Å². The van der Waals surface area contributed by atoms with Gasteiger partial charge in [0.15, 0.2) is 0 Å². The molecule has 0 saturated carbocycles. The monoisotopic (exact) mass is 197 g/mol. The second kappa shape index (κ2) is 5.63. The lowest BCUT2D eigenvalue weighted by molar-refractivity contribution is 0.602. The molecule has 0 aliphatic carbocycles. The third-order valence-corrected chi connectivity index (χ3v) is 3.79. The van der Waals surface area contributed by atoms with Gasteiger partial charge in [0.05, 0.1) is 0 Å². The Morgan fingerprint density at radius 1 is 1.20 bits per heavy atom. The van der Waals surface area contributed by atoms with Crippen molar-refractivity contribution in [2.24, 2.45) is 0 Å². The summed E-state index contributed by atoms with van der Waals surface area (Å²) in [6.07, 6.45) is 0. The van der Waals surface area contributed by atoms with Crippen LogP contribution in [0.5, 0.6) is 0 Å². The highest BCUT2D eigenvalue weighted by molar-refractivity contribution is 8.69. The molecule has 0 heterocycles. The predicted octanol–water partition coefficient (Wildman–Crippen LogP) is 3.25. The van der Waals surface area contributed by atoms with Crippen LogP contribution in [0.2, 0.25) is 0 Å². The first-order chi connectivity index (χ1) is 4.57. The summed E-state index contributed by atoms with van der Waals surface area (Å²) in [6.45, 7) is 8.70. The molecule has 0 unspecified atom stereocenters. The number of rotatable bonds is 4. The molecule has 0 fully saturated rings. The van der Waals surface area contributed by atoms with Gasteiger partial charge in [0, 0.05) is 11.3 Å². The highest BCUT2D eigenvalue weighted by Crippen LogP contribution is 2.29. The molecule has 0 saturated heterocycles. The molecular formula is C6H15NS3. The van der Waals surface area contributed by atoms with E-state index in [0.29, 0.717) is 11.3 Å². The van der Waals surface area contributed by atoms with Gasteiger partial charge in [-0.05, 0) is 24.8 Å². The van der Waals surface area contributed by atoms with Crippen LogP contribution in [0.3, 0.4) is 0 Å². The van der Waals surface area contributed by atoms with E-state index in [1.54, 1.807) is 0 Å². The zero-order valence-electron chi connectivity index (χ0n) is 6.87. The van der Waals surface area contributed by atoms with Gasteiger partial charge in [0.25, 0.3) is 0 Å². The van der Waals surface area contributed by atoms with Crippen LogP contribution in [0.15, 0.2) is 0 Å². The molecule has 0 spiro atoms. The van der Waals surface area contributed by atoms with E-state index in [-0.39, 0.29) is 0 Å². The Kier molecular flexibility index (Phi) is 6.20. The van der Waals surface area contributed by atoms with Gasteiger partial charge in [0.2, 0.25) is 0 Å². The molecule has 1 nitrogen and oxygen atoms in total. The van der Waals surface area contributed by atoms with Crippen LogP contribution in [0, 0.1) is 0 Å². The molecule has 0 aromatic rings. The molecule has 0 atom stereocenters. The quantitative estimate of drug-likeness (QED) is 0.419. The maximum Gasteiger partial charge on any atom is 0.0266 e. The fourth-order valence-electron chi connectivity index (χ4n) is 0.443. The SMILES string of the molecule is CC(C)SN(SS)C(C)C. The van der Waals surface area contributed by atoms with E-state index < -0.39 is 0 Å². The van der Waals surface area contributed by atoms with Crippen molar-refractivity contribution in [3.8, 4) is 0 Å². The summed E-state index contributed by atoms with van der Waals surface area (Å²) in [5.74, 6) is 0. The molecule has 0 N–H and O–H groups in total. The topological polar surface area (TPSA) is 3.24 Å². The maximum absolute atomic E-state index is 4.15. The molecular weight excluding hydrogens is 182 g/mol. The summed E-state index contributed by atoms with van der Waals surface area (Å²) < 4.78 is 2.19. The predicted molar refractivity (Wildman–Crippen MR) is 56.3 cm³/mol. The Bertz CT molecular complexity index is 85.1. The molecule has 0 aromatic carbocycles. The Morgan fingerprint density at radius 2 is 1.70 bits per heavy atom. The van der Waals surface area contributed by atoms with Crippen LogP contribution in [0.25, 0.3) is 0 Å². The van der Waals surface area contributed by atoms with Crippen molar-refractivity contribution >= 4 is 34.6 Å². The van der Waals surface area contributed by atoms with Crippen LogP contribution in [0.4, 0.5) is 0 Å². The summed E-state index contributed by atoms with van der Waals surface area (Å²) in [5, 5.41) is 0.641. The van der Waals surface area contributed by atoms with Crippen molar-refractivity contribution in [2.45, 2.75) is 39.0 Å². The Labute approximate surface area is 77.4 Å². The van der Waals surface area contributed by atoms with Crippen molar-refractivity contribution in [2.75, 3.05) is 0 Å². The molecule has 0 aliphatic rings. The minimum atomic E-state index is 0.551. The van der Waals surface area contributed by atoms with Gasteiger partial charge in [-0.1, -0.05) is 37.5 Å². The van der Waals surface area contributed by atoms with E-state index >= 15 is 0 Å². The molecule has 62 valence electrons. The molecule has 10 heavy (non-hydrogen) atoms. The van der Waals surface area contributed by atoms with Crippen molar-refractivity contribution in [3.63, 3.8) is 0 Å². The van der Waals surface area contributed by atoms with Crippen molar-refractivity contribution < 1.29 is 0 Å². The Balaban J connectivity index is 3.60. The second-order valence-electron chi connectivity index (χ2n) is 2.61. The van der Waals surface area contributed by atoms with E-state index in [9.17, 15) is 0 Å². The summed E-state index contributed by atoms with van der Waals surface area (Å²) in [5.41, 5.74) is 0. The fourth-order valence-corrected chi connectivity index (χ4v) is 2.87. The van der Waals surface area contributed by atoms with Crippen molar-refractivity contribution in [1.29, 1.82) is 0 Å². The first-order valence-electron chi connectivity index (χ1n) is 3.35. The lowest BCUT2D eigenvalue weighted by Gasteiger charge is -2.22. The highest BCUT2D eigenvalue weighted by atomic mass is 33.1. The second-order valence-corrected chi connectivity index (χ2v) is 5.44. The van der Waals surface area contributed by atoms with Gasteiger partial charge in [-0.3, -0.25) is 0 Å². The normalized spacial score (nSPS) is 12.0. The van der Waals surface area contributed by atoms with E-state index in [1.807, 2.05) is 11.9 Å². The molecule has 0 amide bonds. The summed E-state index contributed by atoms with van der Waals surface area (Å²) in [7, 11) is 1.50. The summed E-state index contributed by atoms with van der Waals surface area (Å²) >= 11 is 5.98. The summed E-state index contributed by atoms with van der Waals surface area (Å²) in [6, 6.07) is 0.551. The first kappa shape index (κ1) is 11.0. The number of nitrogens with zero attached hydrogens (tertiary/aromatic N) is 1. The zero-order valence-corrected chi connectivity index (χ0v) is 9.39. The number of thiol groups is 1. The van der Waals surface area contributed by atoms with Gasteiger partial charge in [-0.2, -0.15) is 3.71 Å². The van der Waals surface area contributed by atoms with Crippen LogP contribution >= 0.6 is 34.6 Å². The minimum absolute atomic E-state index is 0.551. The fraction of sp³-hybridized carbons (Fsp3) is 1.00. The molecule has 0 radical (unpaired) electrons. The van der Waals surface area contributed by atoms with Crippen LogP contribution in [-0.4, -0.2) is 15.0 Å². The van der Waals surface area contributed by atoms with Gasteiger partial charge >= 0.3 is 0 Å². The molecule has 0 aromatic heterocycles. The Hall–Kier alpha value is 1.01. The van der Waals surface area contributed by atoms with Crippen LogP contribution in [0.1, 0.15) is 27.7 Å². The van der Waals surface area contributed by atoms with Crippen molar-refractivity contribution in [1.82, 2.24) is 3.71 Å². The molecule has 0 bridgehead atoms. The van der Waals surface area contributed by atoms with E-state index in [2.05, 4.69) is 43.1 Å². The highest BCUT2D eigenvalue weighted by Gasteiger charge is 2.10. The number of hydrogen-bond donors (Lipinski definition) is 1. The van der Waals surface area contributed by atoms with E-state index in [0.717, 1.165) is 0 Å². The smallest absolute Gasteiger partial charge is 0.0266 e. The van der Waals surface area contributed by atoms with Gasteiger partial charge in [-0.25, -0.2) is 0 Å². The molecule has 4 heteroatoms. The minimum Gasteiger partial charge on any atom is -0.182 e. The Morgan fingerprint density at radius 3 is 1.80 bits per heavy atom. The van der Waals surface area contributed by atoms with E-state index in [1.165, 1.54) is 11.0 Å². The van der Waals surface area contributed by atoms with Crippen LogP contribution in [-0.2, 0) is 0 Å². The number of hydrogen-bond acceptors (Lipinski definition) is 4. The average Bonchev–Trinajstić information content (AvgIpc) is 1.81. The maximum atomic E-state index is 4.15. The standard InChI is InChI=1S/C6H15NS3/c1-5(2)7(10-8)9-6(3)4/h5-6,8H,1-4H3.